The van der Waals surface area contributed by atoms with Gasteiger partial charge in [0.15, 0.2) is 0 Å². The van der Waals surface area contributed by atoms with Crippen molar-refractivity contribution in [2.75, 3.05) is 0 Å². The van der Waals surface area contributed by atoms with E-state index >= 15 is 0 Å². The maximum atomic E-state index is 5.49. The Morgan fingerprint density at radius 1 is 1.31 bits per heavy atom. The Bertz CT molecular complexity index is 342. The predicted molar refractivity (Wildman–Crippen MR) is 61.3 cm³/mol. The van der Waals surface area contributed by atoms with Crippen LogP contribution in [0.4, 0.5) is 0 Å². The highest BCUT2D eigenvalue weighted by Crippen LogP contribution is 2.29. The number of rotatable bonds is 2. The molecular formula is C11H16OSi. The van der Waals surface area contributed by atoms with Crippen LogP contribution in [0.1, 0.15) is 22.3 Å². The standard InChI is InChI=1S/C11H16OSi/c1-5-10-6-7(2)8(3)11(12-13)9(10)4/h5-6H,1H2,2-4,13H3. The zero-order chi connectivity index (χ0) is 10.0. The molecule has 0 atom stereocenters. The minimum absolute atomic E-state index is 0.738. The van der Waals surface area contributed by atoms with E-state index in [-0.39, 0.29) is 0 Å². The first-order chi connectivity index (χ1) is 6.11. The highest BCUT2D eigenvalue weighted by atomic mass is 28.2. The molecule has 1 aromatic carbocycles. The van der Waals surface area contributed by atoms with Crippen LogP contribution in [0.3, 0.4) is 0 Å². The van der Waals surface area contributed by atoms with Crippen molar-refractivity contribution in [3.05, 3.63) is 34.9 Å². The SMILES string of the molecule is C=Cc1cc(C)c(C)c(O[SiH3])c1C. The summed E-state index contributed by atoms with van der Waals surface area (Å²) in [5.41, 5.74) is 4.89. The van der Waals surface area contributed by atoms with E-state index < -0.39 is 0 Å². The van der Waals surface area contributed by atoms with Gasteiger partial charge in [-0.1, -0.05) is 18.7 Å². The van der Waals surface area contributed by atoms with Gasteiger partial charge in [-0.25, -0.2) is 0 Å². The summed E-state index contributed by atoms with van der Waals surface area (Å²) in [6.45, 7) is 10.1. The highest BCUT2D eigenvalue weighted by Gasteiger charge is 2.07. The van der Waals surface area contributed by atoms with Gasteiger partial charge in [0.1, 0.15) is 5.75 Å². The predicted octanol–water partition coefficient (Wildman–Crippen LogP) is 1.91. The van der Waals surface area contributed by atoms with Crippen molar-refractivity contribution in [2.24, 2.45) is 0 Å². The smallest absolute Gasteiger partial charge is 0.204 e. The number of aryl methyl sites for hydroxylation is 1. The summed E-state index contributed by atoms with van der Waals surface area (Å²) in [6.07, 6.45) is 1.88. The monoisotopic (exact) mass is 192 g/mol. The molecule has 0 bridgehead atoms. The molecule has 0 saturated heterocycles. The van der Waals surface area contributed by atoms with E-state index in [0.717, 1.165) is 16.2 Å². The number of hydrogen-bond donors (Lipinski definition) is 0. The lowest BCUT2D eigenvalue weighted by Crippen LogP contribution is -1.97. The third-order valence-corrected chi connectivity index (χ3v) is 2.91. The van der Waals surface area contributed by atoms with Crippen molar-refractivity contribution in [3.8, 4) is 5.75 Å². The molecule has 0 aliphatic rings. The van der Waals surface area contributed by atoms with Crippen molar-refractivity contribution in [2.45, 2.75) is 20.8 Å². The van der Waals surface area contributed by atoms with E-state index in [4.69, 9.17) is 4.43 Å². The molecule has 1 rings (SSSR count). The fraction of sp³-hybridized carbons (Fsp3) is 0.273. The zero-order valence-corrected chi connectivity index (χ0v) is 10.8. The molecule has 0 spiro atoms. The van der Waals surface area contributed by atoms with Gasteiger partial charge in [0.05, 0.1) is 0 Å². The van der Waals surface area contributed by atoms with Crippen molar-refractivity contribution in [3.63, 3.8) is 0 Å². The molecule has 70 valence electrons. The molecule has 0 heterocycles. The van der Waals surface area contributed by atoms with Crippen LogP contribution in [-0.2, 0) is 0 Å². The van der Waals surface area contributed by atoms with Gasteiger partial charge >= 0.3 is 0 Å². The molecule has 0 unspecified atom stereocenters. The van der Waals surface area contributed by atoms with Crippen LogP contribution < -0.4 is 4.43 Å². The van der Waals surface area contributed by atoms with Gasteiger partial charge in [0.25, 0.3) is 0 Å². The average molecular weight is 192 g/mol. The second-order valence-corrected chi connectivity index (χ2v) is 3.68. The molecule has 0 amide bonds. The Hall–Kier alpha value is -1.02. The average Bonchev–Trinajstić information content (AvgIpc) is 2.12. The molecule has 13 heavy (non-hydrogen) atoms. The van der Waals surface area contributed by atoms with Crippen molar-refractivity contribution in [1.29, 1.82) is 0 Å². The third kappa shape index (κ3) is 1.68. The molecule has 0 fully saturated rings. The van der Waals surface area contributed by atoms with Crippen LogP contribution in [-0.4, -0.2) is 10.5 Å². The van der Waals surface area contributed by atoms with Crippen molar-refractivity contribution < 1.29 is 4.43 Å². The maximum absolute atomic E-state index is 5.49. The van der Waals surface area contributed by atoms with E-state index in [1.807, 2.05) is 6.08 Å². The Labute approximate surface area is 83.0 Å². The summed E-state index contributed by atoms with van der Waals surface area (Å²) >= 11 is 0. The molecule has 1 nitrogen and oxygen atoms in total. The summed E-state index contributed by atoms with van der Waals surface area (Å²) in [5, 5.41) is 0. The molecular weight excluding hydrogens is 176 g/mol. The van der Waals surface area contributed by atoms with Crippen LogP contribution in [0.5, 0.6) is 5.75 Å². The van der Waals surface area contributed by atoms with Crippen molar-refractivity contribution >= 4 is 16.6 Å². The Morgan fingerprint density at radius 3 is 2.38 bits per heavy atom. The first-order valence-electron chi connectivity index (χ1n) is 4.39. The molecule has 0 aromatic heterocycles. The summed E-state index contributed by atoms with van der Waals surface area (Å²) in [5.74, 6) is 1.04. The van der Waals surface area contributed by atoms with Crippen LogP contribution in [0.2, 0.25) is 0 Å². The molecule has 0 N–H and O–H groups in total. The topological polar surface area (TPSA) is 9.23 Å². The lowest BCUT2D eigenvalue weighted by atomic mass is 9.99. The Balaban J connectivity index is 3.47. The Morgan fingerprint density at radius 2 is 1.92 bits per heavy atom. The van der Waals surface area contributed by atoms with Gasteiger partial charge in [-0.15, -0.1) is 0 Å². The van der Waals surface area contributed by atoms with E-state index in [1.165, 1.54) is 22.3 Å². The lowest BCUT2D eigenvalue weighted by Gasteiger charge is -2.14. The quantitative estimate of drug-likeness (QED) is 0.650. The molecule has 1 aromatic rings. The second kappa shape index (κ2) is 3.79. The maximum Gasteiger partial charge on any atom is 0.204 e. The minimum Gasteiger partial charge on any atom is -0.553 e. The lowest BCUT2D eigenvalue weighted by molar-refractivity contribution is 0.603. The molecule has 0 saturated carbocycles. The Kier molecular flexibility index (Phi) is 2.93. The highest BCUT2D eigenvalue weighted by molar-refractivity contribution is 6.00. The van der Waals surface area contributed by atoms with Gasteiger partial charge in [-0.05, 0) is 43.0 Å². The summed E-state index contributed by atoms with van der Waals surface area (Å²) in [6, 6.07) is 2.15. The molecule has 0 aliphatic carbocycles. The molecule has 0 radical (unpaired) electrons. The number of benzene rings is 1. The first-order valence-corrected chi connectivity index (χ1v) is 5.20. The van der Waals surface area contributed by atoms with Gasteiger partial charge in [-0.2, -0.15) is 0 Å². The minimum atomic E-state index is 0.738. The van der Waals surface area contributed by atoms with E-state index in [1.54, 1.807) is 0 Å². The first kappa shape index (κ1) is 10.1. The van der Waals surface area contributed by atoms with E-state index in [9.17, 15) is 0 Å². The molecule has 2 heteroatoms. The fourth-order valence-corrected chi connectivity index (χ4v) is 2.17. The summed E-state index contributed by atoms with van der Waals surface area (Å²) < 4.78 is 5.49. The normalized spacial score (nSPS) is 10.1. The fourth-order valence-electron chi connectivity index (χ4n) is 1.56. The molecule has 0 aliphatic heterocycles. The van der Waals surface area contributed by atoms with Crippen LogP contribution >= 0.6 is 0 Å². The number of hydrogen-bond acceptors (Lipinski definition) is 1. The largest absolute Gasteiger partial charge is 0.553 e. The van der Waals surface area contributed by atoms with E-state index in [0.29, 0.717) is 0 Å². The summed E-state index contributed by atoms with van der Waals surface area (Å²) in [7, 11) is 0.738. The second-order valence-electron chi connectivity index (χ2n) is 3.27. The van der Waals surface area contributed by atoms with E-state index in [2.05, 4.69) is 33.4 Å². The zero-order valence-electron chi connectivity index (χ0n) is 8.77. The van der Waals surface area contributed by atoms with Crippen LogP contribution in [0, 0.1) is 20.8 Å². The van der Waals surface area contributed by atoms with Gasteiger partial charge in [0, 0.05) is 0 Å². The van der Waals surface area contributed by atoms with Gasteiger partial charge < -0.3 is 4.43 Å². The van der Waals surface area contributed by atoms with Crippen LogP contribution in [0.25, 0.3) is 6.08 Å². The summed E-state index contributed by atoms with van der Waals surface area (Å²) in [4.78, 5) is 0. The van der Waals surface area contributed by atoms with Crippen LogP contribution in [0.15, 0.2) is 12.6 Å². The van der Waals surface area contributed by atoms with Crippen molar-refractivity contribution in [1.82, 2.24) is 0 Å². The van der Waals surface area contributed by atoms with Gasteiger partial charge in [0.2, 0.25) is 10.5 Å². The van der Waals surface area contributed by atoms with Gasteiger partial charge in [-0.3, -0.25) is 0 Å². The third-order valence-electron chi connectivity index (χ3n) is 2.50.